The smallest absolute Gasteiger partial charge is 0.00612 e. The van der Waals surface area contributed by atoms with Crippen LogP contribution in [0.2, 0.25) is 0 Å². The molecule has 0 saturated carbocycles. The van der Waals surface area contributed by atoms with Crippen molar-refractivity contribution in [1.29, 1.82) is 0 Å². The maximum Gasteiger partial charge on any atom is -0.00612 e. The van der Waals surface area contributed by atoms with Crippen molar-refractivity contribution in [2.75, 3.05) is 0 Å². The van der Waals surface area contributed by atoms with Crippen LogP contribution in [0.4, 0.5) is 0 Å². The van der Waals surface area contributed by atoms with Gasteiger partial charge in [-0.05, 0) is 34.7 Å². The van der Waals surface area contributed by atoms with Crippen LogP contribution in [0, 0.1) is 5.92 Å². The fourth-order valence-corrected chi connectivity index (χ4v) is 1.56. The molecule has 0 aliphatic carbocycles. The zero-order valence-electron chi connectivity index (χ0n) is 5.92. The van der Waals surface area contributed by atoms with E-state index < -0.39 is 0 Å². The SMILES string of the molecule is CC(C)Cc1ccsc1. The zero-order valence-corrected chi connectivity index (χ0v) is 6.74. The quantitative estimate of drug-likeness (QED) is 0.592. The number of hydrogen-bond acceptors (Lipinski definition) is 1. The maximum absolute atomic E-state index is 2.25. The standard InChI is InChI=1S/C8H12S/c1-7(2)5-8-3-4-9-6-8/h3-4,6-7H,5H2,1-2H3. The average Bonchev–Trinajstić information content (AvgIpc) is 2.15. The molecular weight excluding hydrogens is 128 g/mol. The van der Waals surface area contributed by atoms with E-state index in [4.69, 9.17) is 0 Å². The van der Waals surface area contributed by atoms with Gasteiger partial charge in [0.25, 0.3) is 0 Å². The first-order valence-electron chi connectivity index (χ1n) is 3.30. The van der Waals surface area contributed by atoms with Crippen molar-refractivity contribution in [1.82, 2.24) is 0 Å². The van der Waals surface area contributed by atoms with Crippen molar-refractivity contribution < 1.29 is 0 Å². The fourth-order valence-electron chi connectivity index (χ4n) is 0.880. The van der Waals surface area contributed by atoms with Crippen LogP contribution in [0.3, 0.4) is 0 Å². The summed E-state index contributed by atoms with van der Waals surface area (Å²) in [6.07, 6.45) is 1.23. The van der Waals surface area contributed by atoms with E-state index in [2.05, 4.69) is 30.7 Å². The van der Waals surface area contributed by atoms with E-state index in [0.29, 0.717) is 0 Å². The van der Waals surface area contributed by atoms with Crippen molar-refractivity contribution in [2.45, 2.75) is 20.3 Å². The molecule has 1 heterocycles. The van der Waals surface area contributed by atoms with Crippen LogP contribution < -0.4 is 0 Å². The first kappa shape index (κ1) is 6.81. The largest absolute Gasteiger partial charge is 0.152 e. The number of hydrogen-bond donors (Lipinski definition) is 0. The summed E-state index contributed by atoms with van der Waals surface area (Å²) in [7, 11) is 0. The van der Waals surface area contributed by atoms with Crippen molar-refractivity contribution >= 4 is 11.3 Å². The minimum absolute atomic E-state index is 0.791. The first-order valence-corrected chi connectivity index (χ1v) is 4.24. The molecule has 0 saturated heterocycles. The third-order valence-electron chi connectivity index (χ3n) is 1.22. The Hall–Kier alpha value is -0.300. The molecule has 1 aromatic heterocycles. The van der Waals surface area contributed by atoms with Crippen molar-refractivity contribution in [2.24, 2.45) is 5.92 Å². The van der Waals surface area contributed by atoms with E-state index >= 15 is 0 Å². The summed E-state index contributed by atoms with van der Waals surface area (Å²) in [5, 5.41) is 4.36. The molecule has 0 spiro atoms. The van der Waals surface area contributed by atoms with Gasteiger partial charge < -0.3 is 0 Å². The molecule has 0 nitrogen and oxygen atoms in total. The lowest BCUT2D eigenvalue weighted by Gasteiger charge is -1.98. The average molecular weight is 140 g/mol. The minimum atomic E-state index is 0.791. The van der Waals surface area contributed by atoms with Gasteiger partial charge in [0.2, 0.25) is 0 Å². The normalized spacial score (nSPS) is 10.6. The Labute approximate surface area is 60.5 Å². The molecule has 0 atom stereocenters. The van der Waals surface area contributed by atoms with Gasteiger partial charge in [0.15, 0.2) is 0 Å². The summed E-state index contributed by atoms with van der Waals surface area (Å²) in [5.74, 6) is 0.791. The van der Waals surface area contributed by atoms with E-state index in [9.17, 15) is 0 Å². The summed E-state index contributed by atoms with van der Waals surface area (Å²) in [5.41, 5.74) is 1.48. The lowest BCUT2D eigenvalue weighted by atomic mass is 10.1. The van der Waals surface area contributed by atoms with Crippen LogP contribution in [-0.2, 0) is 6.42 Å². The van der Waals surface area contributed by atoms with Crippen LogP contribution >= 0.6 is 11.3 Å². The highest BCUT2D eigenvalue weighted by atomic mass is 32.1. The Morgan fingerprint density at radius 1 is 1.56 bits per heavy atom. The Balaban J connectivity index is 2.48. The minimum Gasteiger partial charge on any atom is -0.152 e. The third-order valence-corrected chi connectivity index (χ3v) is 1.96. The van der Waals surface area contributed by atoms with Gasteiger partial charge in [-0.15, -0.1) is 0 Å². The molecule has 0 radical (unpaired) electrons. The van der Waals surface area contributed by atoms with Gasteiger partial charge in [-0.25, -0.2) is 0 Å². The van der Waals surface area contributed by atoms with E-state index in [1.54, 1.807) is 11.3 Å². The molecular formula is C8H12S. The van der Waals surface area contributed by atoms with E-state index in [1.165, 1.54) is 12.0 Å². The molecule has 0 amide bonds. The van der Waals surface area contributed by atoms with Crippen LogP contribution in [0.15, 0.2) is 16.8 Å². The lowest BCUT2D eigenvalue weighted by Crippen LogP contribution is -1.90. The molecule has 1 rings (SSSR count). The van der Waals surface area contributed by atoms with Gasteiger partial charge in [0.05, 0.1) is 0 Å². The van der Waals surface area contributed by atoms with E-state index in [1.807, 2.05) is 0 Å². The molecule has 0 aliphatic heterocycles. The third kappa shape index (κ3) is 2.19. The highest BCUT2D eigenvalue weighted by Gasteiger charge is 1.95. The van der Waals surface area contributed by atoms with E-state index in [-0.39, 0.29) is 0 Å². The predicted molar refractivity (Wildman–Crippen MR) is 42.9 cm³/mol. The molecule has 0 unspecified atom stereocenters. The molecule has 1 aromatic rings. The summed E-state index contributed by atoms with van der Waals surface area (Å²) < 4.78 is 0. The monoisotopic (exact) mass is 140 g/mol. The van der Waals surface area contributed by atoms with Crippen molar-refractivity contribution in [3.63, 3.8) is 0 Å². The second-order valence-electron chi connectivity index (χ2n) is 2.73. The van der Waals surface area contributed by atoms with Crippen LogP contribution in [0.5, 0.6) is 0 Å². The van der Waals surface area contributed by atoms with Crippen molar-refractivity contribution in [3.8, 4) is 0 Å². The van der Waals surface area contributed by atoms with Gasteiger partial charge in [0.1, 0.15) is 0 Å². The summed E-state index contributed by atoms with van der Waals surface area (Å²) in [6.45, 7) is 4.50. The van der Waals surface area contributed by atoms with Gasteiger partial charge >= 0.3 is 0 Å². The molecule has 9 heavy (non-hydrogen) atoms. The topological polar surface area (TPSA) is 0 Å². The maximum atomic E-state index is 2.25. The van der Waals surface area contributed by atoms with Gasteiger partial charge in [-0.1, -0.05) is 13.8 Å². The number of thiophene rings is 1. The highest BCUT2D eigenvalue weighted by molar-refractivity contribution is 7.07. The Bertz CT molecular complexity index is 151. The first-order chi connectivity index (χ1) is 4.29. The molecule has 0 aliphatic rings. The predicted octanol–water partition coefficient (Wildman–Crippen LogP) is 2.95. The molecule has 1 heteroatoms. The van der Waals surface area contributed by atoms with Crippen LogP contribution in [0.25, 0.3) is 0 Å². The Morgan fingerprint density at radius 3 is 2.78 bits per heavy atom. The Morgan fingerprint density at radius 2 is 2.33 bits per heavy atom. The summed E-state index contributed by atoms with van der Waals surface area (Å²) in [4.78, 5) is 0. The van der Waals surface area contributed by atoms with Gasteiger partial charge in [-0.2, -0.15) is 11.3 Å². The molecule has 0 aromatic carbocycles. The summed E-state index contributed by atoms with van der Waals surface area (Å²) >= 11 is 1.78. The van der Waals surface area contributed by atoms with Crippen molar-refractivity contribution in [3.05, 3.63) is 22.4 Å². The molecule has 0 bridgehead atoms. The zero-order chi connectivity index (χ0) is 6.69. The molecule has 50 valence electrons. The van der Waals surface area contributed by atoms with Gasteiger partial charge in [0, 0.05) is 0 Å². The lowest BCUT2D eigenvalue weighted by molar-refractivity contribution is 0.648. The van der Waals surface area contributed by atoms with Gasteiger partial charge in [-0.3, -0.25) is 0 Å². The Kier molecular flexibility index (Phi) is 2.29. The van der Waals surface area contributed by atoms with E-state index in [0.717, 1.165) is 5.92 Å². The molecule has 0 fully saturated rings. The molecule has 0 N–H and O–H groups in total. The fraction of sp³-hybridized carbons (Fsp3) is 0.500. The second-order valence-corrected chi connectivity index (χ2v) is 3.51. The highest BCUT2D eigenvalue weighted by Crippen LogP contribution is 2.10. The number of rotatable bonds is 2. The van der Waals surface area contributed by atoms with Crippen LogP contribution in [0.1, 0.15) is 19.4 Å². The summed E-state index contributed by atoms with van der Waals surface area (Å²) in [6, 6.07) is 2.20. The van der Waals surface area contributed by atoms with Crippen LogP contribution in [-0.4, -0.2) is 0 Å². The second kappa shape index (κ2) is 3.02.